The van der Waals surface area contributed by atoms with Gasteiger partial charge in [-0.3, -0.25) is 4.79 Å². The maximum Gasteiger partial charge on any atom is 0.337 e. The number of ether oxygens (including phenoxy) is 1. The molecule has 10 nitrogen and oxygen atoms in total. The van der Waals surface area contributed by atoms with Crippen LogP contribution < -0.4 is 11.5 Å². The van der Waals surface area contributed by atoms with Crippen LogP contribution in [0.25, 0.3) is 41.6 Å². The van der Waals surface area contributed by atoms with Gasteiger partial charge in [-0.1, -0.05) is 6.07 Å². The summed E-state index contributed by atoms with van der Waals surface area (Å²) in [6, 6.07) is 22.5. The highest BCUT2D eigenvalue weighted by molar-refractivity contribution is 7.86. The predicted octanol–water partition coefficient (Wildman–Crippen LogP) is 6.87. The quantitative estimate of drug-likeness (QED) is 0.148. The van der Waals surface area contributed by atoms with E-state index in [4.69, 9.17) is 4.98 Å². The molecule has 0 radical (unpaired) electrons. The number of carbonyl (C=O) groups is 2. The van der Waals surface area contributed by atoms with E-state index in [1.54, 1.807) is 43.3 Å². The largest absolute Gasteiger partial charge is 0.744 e. The molecule has 5 N–H and O–H groups in total. The van der Waals surface area contributed by atoms with Gasteiger partial charge >= 0.3 is 5.97 Å². The van der Waals surface area contributed by atoms with Crippen LogP contribution in [0.5, 0.6) is 0 Å². The Labute approximate surface area is 254 Å². The van der Waals surface area contributed by atoms with Crippen molar-refractivity contribution in [3.8, 4) is 21.1 Å². The lowest BCUT2D eigenvalue weighted by Gasteiger charge is -2.10. The van der Waals surface area contributed by atoms with E-state index in [1.807, 2.05) is 30.3 Å². The highest BCUT2D eigenvalue weighted by atomic mass is 32.2. The van der Waals surface area contributed by atoms with Crippen LogP contribution in [0.2, 0.25) is 0 Å². The number of esters is 1. The van der Waals surface area contributed by atoms with Gasteiger partial charge in [-0.15, -0.1) is 22.7 Å². The van der Waals surface area contributed by atoms with E-state index in [0.717, 1.165) is 26.4 Å². The fourth-order valence-corrected chi connectivity index (χ4v) is 7.75. The minimum atomic E-state index is -4.65. The second kappa shape index (κ2) is 11.6. The Hall–Kier alpha value is -4.53. The number of amides is 1. The third kappa shape index (κ3) is 5.89. The molecule has 0 aliphatic heterocycles. The first-order chi connectivity index (χ1) is 20.1. The molecule has 43 heavy (non-hydrogen) atoms. The van der Waals surface area contributed by atoms with Crippen LogP contribution in [-0.2, 0) is 14.9 Å². The number of aromatic nitrogens is 2. The summed E-state index contributed by atoms with van der Waals surface area (Å²) in [5, 5.41) is 4.24. The first-order valence-electron chi connectivity index (χ1n) is 12.5. The fraction of sp³-hybridized carbons (Fsp3) is 0.0667. The summed E-state index contributed by atoms with van der Waals surface area (Å²) < 4.78 is 41.6. The minimum Gasteiger partial charge on any atom is -0.744 e. The number of hydrogen-bond acceptors (Lipinski definition) is 10. The zero-order valence-electron chi connectivity index (χ0n) is 23.1. The third-order valence-corrected chi connectivity index (χ3v) is 9.91. The molecule has 0 saturated heterocycles. The van der Waals surface area contributed by atoms with Gasteiger partial charge < -0.3 is 20.8 Å². The van der Waals surface area contributed by atoms with Crippen molar-refractivity contribution in [2.45, 2.75) is 11.8 Å². The molecule has 13 heteroatoms. The third-order valence-electron chi connectivity index (χ3n) is 6.55. The maximum absolute atomic E-state index is 12.6. The molecule has 1 amide bonds. The standard InChI is InChI=1S/C30H21N3O6S3.H3N/c1-16-3-13-23-25(26(16)42(36,37)38)41-29(33-23)20-10-14-22-24(15-20)40-28(32-22)18-8-11-21(12-9-18)31-27(34)17-4-6-19(7-5-17)30(35)39-2;/h3-15H,1-2H3,(H,31,34)(H,36,37,38);1H3. The van der Waals surface area contributed by atoms with Gasteiger partial charge in [0.1, 0.15) is 20.1 Å². The second-order valence-corrected chi connectivity index (χ2v) is 12.7. The second-order valence-electron chi connectivity index (χ2n) is 9.33. The lowest BCUT2D eigenvalue weighted by Crippen LogP contribution is -2.12. The molecule has 6 rings (SSSR count). The Morgan fingerprint density at radius 3 is 2.09 bits per heavy atom. The number of anilines is 1. The van der Waals surface area contributed by atoms with Crippen LogP contribution in [0, 0.1) is 6.92 Å². The lowest BCUT2D eigenvalue weighted by atomic mass is 10.1. The number of rotatable bonds is 6. The number of nitrogens with zero attached hydrogens (tertiary/aromatic N) is 2. The van der Waals surface area contributed by atoms with Gasteiger partial charge in [0.05, 0.1) is 38.0 Å². The van der Waals surface area contributed by atoms with Gasteiger partial charge in [0.2, 0.25) is 0 Å². The van der Waals surface area contributed by atoms with Crippen LogP contribution in [0.3, 0.4) is 0 Å². The van der Waals surface area contributed by atoms with Crippen molar-refractivity contribution in [3.05, 3.63) is 95.6 Å². The van der Waals surface area contributed by atoms with Gasteiger partial charge in [0.25, 0.3) is 5.91 Å². The van der Waals surface area contributed by atoms with E-state index < -0.39 is 16.1 Å². The number of benzene rings is 4. The number of aryl methyl sites for hydroxylation is 1. The molecule has 0 aliphatic rings. The van der Waals surface area contributed by atoms with Crippen molar-refractivity contribution in [3.63, 3.8) is 0 Å². The summed E-state index contributed by atoms with van der Waals surface area (Å²) in [5.74, 6) is -0.779. The van der Waals surface area contributed by atoms with E-state index >= 15 is 0 Å². The van der Waals surface area contributed by atoms with Crippen molar-refractivity contribution < 1.29 is 27.3 Å². The number of carbonyl (C=O) groups excluding carboxylic acids is 2. The average molecular weight is 633 g/mol. The van der Waals surface area contributed by atoms with E-state index in [0.29, 0.717) is 37.6 Å². The first-order valence-corrected chi connectivity index (χ1v) is 15.5. The summed E-state index contributed by atoms with van der Waals surface area (Å²) >= 11 is 2.67. The number of quaternary nitrogens is 1. The Morgan fingerprint density at radius 2 is 1.42 bits per heavy atom. The van der Waals surface area contributed by atoms with E-state index in [9.17, 15) is 22.6 Å². The van der Waals surface area contributed by atoms with E-state index in [2.05, 4.69) is 15.0 Å². The van der Waals surface area contributed by atoms with Gasteiger partial charge in [-0.05, 0) is 85.3 Å². The van der Waals surface area contributed by atoms with E-state index in [1.165, 1.54) is 41.9 Å². The Morgan fingerprint density at radius 1 is 0.814 bits per heavy atom. The molecule has 2 heterocycles. The van der Waals surface area contributed by atoms with Gasteiger partial charge in [0.15, 0.2) is 0 Å². The van der Waals surface area contributed by atoms with Crippen molar-refractivity contribution in [1.82, 2.24) is 16.1 Å². The summed E-state index contributed by atoms with van der Waals surface area (Å²) in [5.41, 5.74) is 4.70. The predicted molar refractivity (Wildman–Crippen MR) is 168 cm³/mol. The van der Waals surface area contributed by atoms with Crippen LogP contribution in [0.4, 0.5) is 5.69 Å². The van der Waals surface area contributed by atoms with Gasteiger partial charge in [0, 0.05) is 22.4 Å². The number of hydrogen-bond donors (Lipinski definition) is 2. The van der Waals surface area contributed by atoms with E-state index in [-0.39, 0.29) is 17.0 Å². The average Bonchev–Trinajstić information content (AvgIpc) is 3.60. The molecule has 4 aromatic carbocycles. The maximum atomic E-state index is 12.6. The molecule has 0 unspecified atom stereocenters. The highest BCUT2D eigenvalue weighted by Gasteiger charge is 2.17. The molecule has 6 aromatic rings. The zero-order valence-corrected chi connectivity index (χ0v) is 25.5. The highest BCUT2D eigenvalue weighted by Crippen LogP contribution is 2.38. The molecule has 0 bridgehead atoms. The molecule has 218 valence electrons. The molecular weight excluding hydrogens is 609 g/mol. The number of fused-ring (bicyclic) bond motifs is 2. The lowest BCUT2D eigenvalue weighted by molar-refractivity contribution is 0.0600. The van der Waals surface area contributed by atoms with Crippen molar-refractivity contribution in [2.75, 3.05) is 12.4 Å². The minimum absolute atomic E-state index is 0. The van der Waals surface area contributed by atoms with Crippen molar-refractivity contribution in [1.29, 1.82) is 0 Å². The molecule has 0 spiro atoms. The van der Waals surface area contributed by atoms with Crippen LogP contribution in [0.1, 0.15) is 26.3 Å². The Kier molecular flexibility index (Phi) is 8.10. The van der Waals surface area contributed by atoms with Crippen molar-refractivity contribution in [2.24, 2.45) is 0 Å². The van der Waals surface area contributed by atoms with Crippen LogP contribution >= 0.6 is 22.7 Å². The normalized spacial score (nSPS) is 11.3. The monoisotopic (exact) mass is 632 g/mol. The molecular formula is C30H24N4O6S3. The van der Waals surface area contributed by atoms with Crippen LogP contribution in [0.15, 0.2) is 83.8 Å². The smallest absolute Gasteiger partial charge is 0.337 e. The van der Waals surface area contributed by atoms with Gasteiger partial charge in [-0.25, -0.2) is 23.2 Å². The van der Waals surface area contributed by atoms with Crippen molar-refractivity contribution >= 4 is 70.8 Å². The first kappa shape index (κ1) is 29.9. The molecule has 2 aromatic heterocycles. The Bertz CT molecular complexity index is 2120. The fourth-order valence-electron chi connectivity index (χ4n) is 4.46. The number of methoxy groups -OCH3 is 1. The summed E-state index contributed by atoms with van der Waals surface area (Å²) in [7, 11) is -3.35. The zero-order chi connectivity index (χ0) is 29.6. The SMILES string of the molecule is COC(=O)c1ccc(C(=O)Nc2ccc(-c3nc4ccc(-c5nc6ccc(C)c(S(=O)(=O)[O-])c6s5)cc4s3)cc2)cc1.[NH4+]. The topological polar surface area (TPSA) is 175 Å². The summed E-state index contributed by atoms with van der Waals surface area (Å²) in [6.45, 7) is 1.60. The van der Waals surface area contributed by atoms with Crippen LogP contribution in [-0.4, -0.2) is 41.9 Å². The summed E-state index contributed by atoms with van der Waals surface area (Å²) in [6.07, 6.45) is 0. The number of thiazole rings is 2. The molecule has 0 atom stereocenters. The molecule has 0 saturated carbocycles. The molecule has 0 fully saturated rings. The Balaban J connectivity index is 0.00000368. The number of nitrogens with one attached hydrogen (secondary N) is 1. The summed E-state index contributed by atoms with van der Waals surface area (Å²) in [4.78, 5) is 33.3. The molecule has 0 aliphatic carbocycles. The van der Waals surface area contributed by atoms with Gasteiger partial charge in [-0.2, -0.15) is 0 Å².